The van der Waals surface area contributed by atoms with Crippen LogP contribution in [0, 0.1) is 11.6 Å². The van der Waals surface area contributed by atoms with E-state index in [0.29, 0.717) is 5.13 Å². The molecule has 1 aromatic carbocycles. The molecule has 126 valence electrons. The van der Waals surface area contributed by atoms with E-state index >= 15 is 0 Å². The van der Waals surface area contributed by atoms with E-state index in [2.05, 4.69) is 10.3 Å². The molecule has 1 saturated carbocycles. The second-order valence-electron chi connectivity index (χ2n) is 5.62. The number of nitrogens with zero attached hydrogens (tertiary/aromatic N) is 2. The fraction of sp³-hybridized carbons (Fsp3) is 0.312. The molecule has 5 nitrogen and oxygen atoms in total. The highest BCUT2D eigenvalue weighted by Crippen LogP contribution is 2.31. The van der Waals surface area contributed by atoms with Gasteiger partial charge in [0.1, 0.15) is 17.3 Å². The largest absolute Gasteiger partial charge is 0.330 e. The van der Waals surface area contributed by atoms with Crippen molar-refractivity contribution in [2.24, 2.45) is 0 Å². The summed E-state index contributed by atoms with van der Waals surface area (Å²) in [5.74, 6) is -1.92. The number of halogens is 2. The molecule has 0 bridgehead atoms. The van der Waals surface area contributed by atoms with E-state index in [1.165, 1.54) is 19.1 Å². The lowest BCUT2D eigenvalue weighted by molar-refractivity contribution is -0.114. The molecule has 8 heteroatoms. The Balaban J connectivity index is 1.79. The number of anilines is 1. The van der Waals surface area contributed by atoms with Crippen LogP contribution in [0.25, 0.3) is 0 Å². The van der Waals surface area contributed by atoms with Crippen molar-refractivity contribution < 1.29 is 18.4 Å². The van der Waals surface area contributed by atoms with Crippen molar-refractivity contribution in [3.8, 4) is 0 Å². The van der Waals surface area contributed by atoms with Gasteiger partial charge in [-0.05, 0) is 18.9 Å². The molecular formula is C16H15F2N3O2S. The van der Waals surface area contributed by atoms with Crippen molar-refractivity contribution in [1.82, 2.24) is 9.88 Å². The molecule has 0 saturated heterocycles. The first-order valence-electron chi connectivity index (χ1n) is 7.42. The van der Waals surface area contributed by atoms with Crippen molar-refractivity contribution in [1.29, 1.82) is 0 Å². The summed E-state index contributed by atoms with van der Waals surface area (Å²) in [6, 6.07) is 3.36. The van der Waals surface area contributed by atoms with Crippen LogP contribution in [0.15, 0.2) is 23.6 Å². The Kier molecular flexibility index (Phi) is 4.57. The van der Waals surface area contributed by atoms with Gasteiger partial charge in [-0.1, -0.05) is 6.07 Å². The zero-order valence-corrected chi connectivity index (χ0v) is 13.7. The van der Waals surface area contributed by atoms with Crippen LogP contribution >= 0.6 is 11.3 Å². The van der Waals surface area contributed by atoms with Crippen molar-refractivity contribution >= 4 is 28.3 Å². The molecule has 2 amide bonds. The lowest BCUT2D eigenvalue weighted by atomic mass is 10.2. The number of amides is 2. The zero-order valence-electron chi connectivity index (χ0n) is 12.9. The molecule has 1 heterocycles. The van der Waals surface area contributed by atoms with Gasteiger partial charge in [0, 0.05) is 36.5 Å². The number of benzene rings is 1. The number of aromatic nitrogens is 1. The number of carbonyl (C=O) groups is 2. The van der Waals surface area contributed by atoms with E-state index in [1.54, 1.807) is 10.3 Å². The minimum absolute atomic E-state index is 0.0351. The van der Waals surface area contributed by atoms with Crippen LogP contribution in [-0.2, 0) is 11.3 Å². The molecule has 0 atom stereocenters. The van der Waals surface area contributed by atoms with Gasteiger partial charge in [-0.25, -0.2) is 13.8 Å². The maximum atomic E-state index is 13.9. The second kappa shape index (κ2) is 6.64. The highest BCUT2D eigenvalue weighted by molar-refractivity contribution is 7.14. The van der Waals surface area contributed by atoms with Crippen molar-refractivity contribution in [3.05, 3.63) is 46.5 Å². The van der Waals surface area contributed by atoms with Crippen LogP contribution in [0.1, 0.15) is 35.8 Å². The Morgan fingerprint density at radius 3 is 2.75 bits per heavy atom. The number of hydrogen-bond donors (Lipinski definition) is 1. The summed E-state index contributed by atoms with van der Waals surface area (Å²) >= 11 is 1.15. The van der Waals surface area contributed by atoms with Gasteiger partial charge in [-0.3, -0.25) is 9.59 Å². The van der Waals surface area contributed by atoms with Crippen LogP contribution in [0.2, 0.25) is 0 Å². The Hall–Kier alpha value is -2.35. The van der Waals surface area contributed by atoms with Gasteiger partial charge < -0.3 is 10.2 Å². The summed E-state index contributed by atoms with van der Waals surface area (Å²) in [4.78, 5) is 29.4. The summed E-state index contributed by atoms with van der Waals surface area (Å²) in [7, 11) is 0. The predicted octanol–water partition coefficient (Wildman–Crippen LogP) is 3.18. The molecule has 1 fully saturated rings. The molecular weight excluding hydrogens is 336 g/mol. The Morgan fingerprint density at radius 1 is 1.38 bits per heavy atom. The smallest absolute Gasteiger partial charge is 0.273 e. The van der Waals surface area contributed by atoms with Gasteiger partial charge in [0.2, 0.25) is 5.91 Å². The fourth-order valence-electron chi connectivity index (χ4n) is 2.31. The molecule has 3 rings (SSSR count). The fourth-order valence-corrected chi connectivity index (χ4v) is 3.04. The first-order valence-corrected chi connectivity index (χ1v) is 8.30. The van der Waals surface area contributed by atoms with Gasteiger partial charge in [-0.2, -0.15) is 0 Å². The van der Waals surface area contributed by atoms with Crippen molar-refractivity contribution in [2.75, 3.05) is 5.32 Å². The van der Waals surface area contributed by atoms with Gasteiger partial charge in [0.05, 0.1) is 0 Å². The number of thiazole rings is 1. The number of hydrogen-bond acceptors (Lipinski definition) is 4. The number of rotatable bonds is 5. The molecule has 24 heavy (non-hydrogen) atoms. The third kappa shape index (κ3) is 3.76. The molecule has 0 radical (unpaired) electrons. The summed E-state index contributed by atoms with van der Waals surface area (Å²) in [5, 5.41) is 4.43. The maximum Gasteiger partial charge on any atom is 0.273 e. The predicted molar refractivity (Wildman–Crippen MR) is 85.7 cm³/mol. The Morgan fingerprint density at radius 2 is 2.12 bits per heavy atom. The highest BCUT2D eigenvalue weighted by Gasteiger charge is 2.34. The minimum atomic E-state index is -0.675. The molecule has 0 aliphatic heterocycles. The van der Waals surface area contributed by atoms with E-state index in [0.717, 1.165) is 30.2 Å². The van der Waals surface area contributed by atoms with Gasteiger partial charge in [-0.15, -0.1) is 11.3 Å². The van der Waals surface area contributed by atoms with Gasteiger partial charge >= 0.3 is 0 Å². The third-order valence-electron chi connectivity index (χ3n) is 3.61. The highest BCUT2D eigenvalue weighted by atomic mass is 32.1. The van der Waals surface area contributed by atoms with Gasteiger partial charge in [0.15, 0.2) is 5.13 Å². The normalized spacial score (nSPS) is 13.6. The molecule has 0 spiro atoms. The first kappa shape index (κ1) is 16.5. The molecule has 1 N–H and O–H groups in total. The number of nitrogens with one attached hydrogen (secondary N) is 1. The van der Waals surface area contributed by atoms with Gasteiger partial charge in [0.25, 0.3) is 5.91 Å². The molecule has 1 aliphatic rings. The average molecular weight is 351 g/mol. The quantitative estimate of drug-likeness (QED) is 0.900. The molecule has 1 aliphatic carbocycles. The monoisotopic (exact) mass is 351 g/mol. The topological polar surface area (TPSA) is 62.3 Å². The first-order chi connectivity index (χ1) is 11.4. The minimum Gasteiger partial charge on any atom is -0.330 e. The second-order valence-corrected chi connectivity index (χ2v) is 6.48. The van der Waals surface area contributed by atoms with E-state index in [4.69, 9.17) is 0 Å². The summed E-state index contributed by atoms with van der Waals surface area (Å²) < 4.78 is 26.9. The van der Waals surface area contributed by atoms with Crippen molar-refractivity contribution in [3.63, 3.8) is 0 Å². The zero-order chi connectivity index (χ0) is 17.3. The van der Waals surface area contributed by atoms with E-state index in [1.807, 2.05) is 0 Å². The van der Waals surface area contributed by atoms with E-state index in [9.17, 15) is 18.4 Å². The third-order valence-corrected chi connectivity index (χ3v) is 4.37. The maximum absolute atomic E-state index is 13.9. The van der Waals surface area contributed by atoms with Crippen LogP contribution in [0.5, 0.6) is 0 Å². The summed E-state index contributed by atoms with van der Waals surface area (Å²) in [5.41, 5.74) is 0.465. The summed E-state index contributed by atoms with van der Waals surface area (Å²) in [6.07, 6.45) is 1.69. The lowest BCUT2D eigenvalue weighted by Crippen LogP contribution is -2.33. The Bertz CT molecular complexity index is 789. The van der Waals surface area contributed by atoms with Crippen molar-refractivity contribution in [2.45, 2.75) is 32.4 Å². The van der Waals surface area contributed by atoms with Crippen LogP contribution < -0.4 is 5.32 Å². The van der Waals surface area contributed by atoms with Crippen LogP contribution in [-0.4, -0.2) is 27.7 Å². The summed E-state index contributed by atoms with van der Waals surface area (Å²) in [6.45, 7) is 1.42. The molecule has 2 aromatic rings. The van der Waals surface area contributed by atoms with E-state index < -0.39 is 11.6 Å². The lowest BCUT2D eigenvalue weighted by Gasteiger charge is -2.22. The van der Waals surface area contributed by atoms with Crippen LogP contribution in [0.3, 0.4) is 0 Å². The Labute approximate surface area is 141 Å². The van der Waals surface area contributed by atoms with E-state index in [-0.39, 0.29) is 35.7 Å². The standard InChI is InChI=1S/C16H15F2N3O2S/c1-9(22)19-16-20-14(8-24-16)15(23)21(12-4-5-12)7-10-2-3-11(17)6-13(10)18/h2-3,6,8,12H,4-5,7H2,1H3,(H,19,20,22). The SMILES string of the molecule is CC(=O)Nc1nc(C(=O)N(Cc2ccc(F)cc2F)C2CC2)cs1. The molecule has 0 unspecified atom stereocenters. The average Bonchev–Trinajstić information content (AvgIpc) is 3.25. The molecule has 1 aromatic heterocycles. The van der Waals surface area contributed by atoms with Crippen LogP contribution in [0.4, 0.5) is 13.9 Å². The number of carbonyl (C=O) groups excluding carboxylic acids is 2.